The summed E-state index contributed by atoms with van der Waals surface area (Å²) in [5.74, 6) is -0.130. The standard InChI is InChI=1S/C12H15N3O2/c1-9(8-16)13-12(17)6-10-7-15-5-3-2-4-11(15)14-10/h2-5,7,9,16H,6,8H2,1H3,(H,13,17)/t9-/m1/s1. The number of aliphatic hydroxyl groups is 1. The Morgan fingerprint density at radius 2 is 2.41 bits per heavy atom. The van der Waals surface area contributed by atoms with E-state index in [9.17, 15) is 4.79 Å². The Morgan fingerprint density at radius 3 is 3.12 bits per heavy atom. The van der Waals surface area contributed by atoms with Crippen LogP contribution in [0.1, 0.15) is 12.6 Å². The minimum Gasteiger partial charge on any atom is -0.394 e. The van der Waals surface area contributed by atoms with Gasteiger partial charge in [-0.05, 0) is 19.1 Å². The van der Waals surface area contributed by atoms with Gasteiger partial charge in [-0.15, -0.1) is 0 Å². The number of pyridine rings is 1. The van der Waals surface area contributed by atoms with Crippen LogP contribution < -0.4 is 5.32 Å². The Balaban J connectivity index is 2.05. The Morgan fingerprint density at radius 1 is 1.59 bits per heavy atom. The monoisotopic (exact) mass is 233 g/mol. The molecule has 90 valence electrons. The van der Waals surface area contributed by atoms with Gasteiger partial charge in [0.25, 0.3) is 0 Å². The average Bonchev–Trinajstić information content (AvgIpc) is 2.70. The van der Waals surface area contributed by atoms with Crippen molar-refractivity contribution in [1.29, 1.82) is 0 Å². The van der Waals surface area contributed by atoms with Crippen LogP contribution in [0.25, 0.3) is 5.65 Å². The molecule has 2 heterocycles. The zero-order chi connectivity index (χ0) is 12.3. The molecule has 0 aromatic carbocycles. The van der Waals surface area contributed by atoms with Crippen LogP contribution >= 0.6 is 0 Å². The highest BCUT2D eigenvalue weighted by atomic mass is 16.3. The van der Waals surface area contributed by atoms with Crippen molar-refractivity contribution in [3.8, 4) is 0 Å². The number of aliphatic hydroxyl groups excluding tert-OH is 1. The number of carbonyl (C=O) groups is 1. The smallest absolute Gasteiger partial charge is 0.226 e. The fourth-order valence-corrected chi connectivity index (χ4v) is 1.61. The lowest BCUT2D eigenvalue weighted by Gasteiger charge is -2.09. The molecule has 0 saturated heterocycles. The maximum Gasteiger partial charge on any atom is 0.226 e. The number of hydrogen-bond acceptors (Lipinski definition) is 3. The first-order valence-electron chi connectivity index (χ1n) is 5.52. The Labute approximate surface area is 99.1 Å². The van der Waals surface area contributed by atoms with Crippen LogP contribution in [0, 0.1) is 0 Å². The van der Waals surface area contributed by atoms with Crippen molar-refractivity contribution in [1.82, 2.24) is 14.7 Å². The van der Waals surface area contributed by atoms with Gasteiger partial charge in [-0.3, -0.25) is 4.79 Å². The molecule has 17 heavy (non-hydrogen) atoms. The van der Waals surface area contributed by atoms with E-state index in [0.29, 0.717) is 0 Å². The van der Waals surface area contributed by atoms with E-state index in [-0.39, 0.29) is 25.0 Å². The van der Waals surface area contributed by atoms with Crippen molar-refractivity contribution >= 4 is 11.6 Å². The van der Waals surface area contributed by atoms with Crippen LogP contribution in [0.2, 0.25) is 0 Å². The summed E-state index contributed by atoms with van der Waals surface area (Å²) >= 11 is 0. The van der Waals surface area contributed by atoms with Crippen molar-refractivity contribution in [3.05, 3.63) is 36.3 Å². The van der Waals surface area contributed by atoms with Gasteiger partial charge in [0.1, 0.15) is 5.65 Å². The van der Waals surface area contributed by atoms with Crippen LogP contribution in [-0.2, 0) is 11.2 Å². The highest BCUT2D eigenvalue weighted by Crippen LogP contribution is 2.05. The van der Waals surface area contributed by atoms with Crippen molar-refractivity contribution < 1.29 is 9.90 Å². The summed E-state index contributed by atoms with van der Waals surface area (Å²) in [6.45, 7) is 1.69. The van der Waals surface area contributed by atoms with E-state index in [1.165, 1.54) is 0 Å². The van der Waals surface area contributed by atoms with Crippen molar-refractivity contribution in [2.45, 2.75) is 19.4 Å². The van der Waals surface area contributed by atoms with Gasteiger partial charge in [0.15, 0.2) is 0 Å². The molecule has 2 aromatic rings. The maximum absolute atomic E-state index is 11.6. The number of fused-ring (bicyclic) bond motifs is 1. The summed E-state index contributed by atoms with van der Waals surface area (Å²) < 4.78 is 1.87. The molecule has 1 amide bonds. The first-order chi connectivity index (χ1) is 8.19. The van der Waals surface area contributed by atoms with Crippen LogP contribution in [0.15, 0.2) is 30.6 Å². The van der Waals surface area contributed by atoms with E-state index in [4.69, 9.17) is 5.11 Å². The van der Waals surface area contributed by atoms with Crippen LogP contribution in [0.4, 0.5) is 0 Å². The molecular formula is C12H15N3O2. The van der Waals surface area contributed by atoms with E-state index in [0.717, 1.165) is 11.3 Å². The summed E-state index contributed by atoms with van der Waals surface area (Å²) in [5.41, 5.74) is 1.55. The molecule has 0 saturated carbocycles. The van der Waals surface area contributed by atoms with Gasteiger partial charge in [-0.25, -0.2) is 4.98 Å². The first kappa shape index (κ1) is 11.6. The van der Waals surface area contributed by atoms with Crippen molar-refractivity contribution in [2.75, 3.05) is 6.61 Å². The number of rotatable bonds is 4. The zero-order valence-electron chi connectivity index (χ0n) is 9.63. The SMILES string of the molecule is C[C@H](CO)NC(=O)Cc1cn2ccccc2n1. The molecular weight excluding hydrogens is 218 g/mol. The Kier molecular flexibility index (Phi) is 3.39. The molecule has 0 aliphatic heterocycles. The second-order valence-electron chi connectivity index (χ2n) is 4.03. The van der Waals surface area contributed by atoms with E-state index in [1.807, 2.05) is 35.0 Å². The Bertz CT molecular complexity index is 488. The second kappa shape index (κ2) is 4.97. The summed E-state index contributed by atoms with van der Waals surface area (Å²) in [6, 6.07) is 5.48. The number of amides is 1. The summed E-state index contributed by atoms with van der Waals surface area (Å²) in [6.07, 6.45) is 3.95. The molecule has 0 radical (unpaired) electrons. The van der Waals surface area contributed by atoms with E-state index in [1.54, 1.807) is 6.92 Å². The molecule has 2 aromatic heterocycles. The third kappa shape index (κ3) is 2.82. The third-order valence-electron chi connectivity index (χ3n) is 2.44. The molecule has 5 heteroatoms. The minimum absolute atomic E-state index is 0.0586. The number of nitrogens with one attached hydrogen (secondary N) is 1. The molecule has 0 unspecified atom stereocenters. The fraction of sp³-hybridized carbons (Fsp3) is 0.333. The third-order valence-corrected chi connectivity index (χ3v) is 2.44. The lowest BCUT2D eigenvalue weighted by molar-refractivity contribution is -0.121. The molecule has 0 bridgehead atoms. The van der Waals surface area contributed by atoms with Crippen molar-refractivity contribution in [3.63, 3.8) is 0 Å². The van der Waals surface area contributed by atoms with Crippen LogP contribution in [0.3, 0.4) is 0 Å². The predicted octanol–water partition coefficient (Wildman–Crippen LogP) is 0.374. The van der Waals surface area contributed by atoms with Crippen LogP contribution in [0.5, 0.6) is 0 Å². The normalized spacial score (nSPS) is 12.6. The quantitative estimate of drug-likeness (QED) is 0.802. The van der Waals surface area contributed by atoms with Gasteiger partial charge >= 0.3 is 0 Å². The number of nitrogens with zero attached hydrogens (tertiary/aromatic N) is 2. The lowest BCUT2D eigenvalue weighted by atomic mass is 10.3. The van der Waals surface area contributed by atoms with Gasteiger partial charge in [-0.2, -0.15) is 0 Å². The predicted molar refractivity (Wildman–Crippen MR) is 63.6 cm³/mol. The topological polar surface area (TPSA) is 66.6 Å². The molecule has 5 nitrogen and oxygen atoms in total. The van der Waals surface area contributed by atoms with E-state index >= 15 is 0 Å². The van der Waals surface area contributed by atoms with Crippen molar-refractivity contribution in [2.24, 2.45) is 0 Å². The summed E-state index contributed by atoms with van der Waals surface area (Å²) in [7, 11) is 0. The highest BCUT2D eigenvalue weighted by molar-refractivity contribution is 5.78. The van der Waals surface area contributed by atoms with Gasteiger partial charge in [0.2, 0.25) is 5.91 Å². The van der Waals surface area contributed by atoms with Gasteiger partial charge in [0, 0.05) is 18.4 Å². The molecule has 0 spiro atoms. The zero-order valence-corrected chi connectivity index (χ0v) is 9.63. The highest BCUT2D eigenvalue weighted by Gasteiger charge is 2.09. The number of imidazole rings is 1. The summed E-state index contributed by atoms with van der Waals surface area (Å²) in [5, 5.41) is 11.5. The van der Waals surface area contributed by atoms with Gasteiger partial charge in [0.05, 0.1) is 18.7 Å². The number of hydrogen-bond donors (Lipinski definition) is 2. The second-order valence-corrected chi connectivity index (χ2v) is 4.03. The van der Waals surface area contributed by atoms with E-state index < -0.39 is 0 Å². The van der Waals surface area contributed by atoms with Crippen LogP contribution in [-0.4, -0.2) is 33.0 Å². The molecule has 1 atom stereocenters. The largest absolute Gasteiger partial charge is 0.394 e. The number of aromatic nitrogens is 2. The molecule has 0 aliphatic carbocycles. The minimum atomic E-state index is -0.223. The molecule has 0 aliphatic rings. The van der Waals surface area contributed by atoms with Gasteiger partial charge < -0.3 is 14.8 Å². The fourth-order valence-electron chi connectivity index (χ4n) is 1.61. The van der Waals surface area contributed by atoms with Gasteiger partial charge in [-0.1, -0.05) is 6.07 Å². The maximum atomic E-state index is 11.6. The lowest BCUT2D eigenvalue weighted by Crippen LogP contribution is -2.36. The molecule has 0 fully saturated rings. The molecule has 2 N–H and O–H groups in total. The van der Waals surface area contributed by atoms with E-state index in [2.05, 4.69) is 10.3 Å². The first-order valence-corrected chi connectivity index (χ1v) is 5.52. The molecule has 2 rings (SSSR count). The number of carbonyl (C=O) groups excluding carboxylic acids is 1. The average molecular weight is 233 g/mol. The summed E-state index contributed by atoms with van der Waals surface area (Å²) in [4.78, 5) is 15.9. The Hall–Kier alpha value is -1.88.